The fourth-order valence-electron chi connectivity index (χ4n) is 3.03. The van der Waals surface area contributed by atoms with E-state index in [2.05, 4.69) is 13.8 Å². The van der Waals surface area contributed by atoms with Gasteiger partial charge in [-0.2, -0.15) is 0 Å². The summed E-state index contributed by atoms with van der Waals surface area (Å²) >= 11 is 1.69. The molecule has 0 saturated carbocycles. The van der Waals surface area contributed by atoms with Gasteiger partial charge in [-0.25, -0.2) is 4.98 Å². The molecule has 0 amide bonds. The van der Waals surface area contributed by atoms with Crippen molar-refractivity contribution in [2.45, 2.75) is 58.2 Å². The van der Waals surface area contributed by atoms with Gasteiger partial charge in [0.15, 0.2) is 0 Å². The summed E-state index contributed by atoms with van der Waals surface area (Å²) in [5.41, 5.74) is 1.29. The Kier molecular flexibility index (Phi) is 3.20. The van der Waals surface area contributed by atoms with Crippen LogP contribution in [0.4, 0.5) is 0 Å². The van der Waals surface area contributed by atoms with E-state index in [1.807, 2.05) is 0 Å². The van der Waals surface area contributed by atoms with Crippen molar-refractivity contribution >= 4 is 11.3 Å². The topological polar surface area (TPSA) is 42.4 Å². The predicted molar refractivity (Wildman–Crippen MR) is 71.9 cm³/mol. The number of nitrogens with zero attached hydrogens (tertiary/aromatic N) is 1. The zero-order chi connectivity index (χ0) is 12.8. The summed E-state index contributed by atoms with van der Waals surface area (Å²) in [4.78, 5) is 5.84. The normalized spacial score (nSPS) is 30.4. The van der Waals surface area contributed by atoms with E-state index in [0.29, 0.717) is 6.10 Å². The lowest BCUT2D eigenvalue weighted by molar-refractivity contribution is 0.102. The van der Waals surface area contributed by atoms with Crippen LogP contribution in [0.15, 0.2) is 0 Å². The highest BCUT2D eigenvalue weighted by atomic mass is 32.1. The van der Waals surface area contributed by atoms with Crippen molar-refractivity contribution in [1.82, 2.24) is 4.98 Å². The van der Waals surface area contributed by atoms with E-state index in [4.69, 9.17) is 9.72 Å². The standard InChI is InChI=1S/C14H21NO2S/c1-14(2)7-10-13(11(16)8-14)18-12(15-10)6-9-4-3-5-17-9/h9,11,16H,3-8H2,1-2H3. The maximum Gasteiger partial charge on any atom is 0.0957 e. The minimum absolute atomic E-state index is 0.168. The van der Waals surface area contributed by atoms with Crippen molar-refractivity contribution in [3.8, 4) is 0 Å². The first-order valence-corrected chi connectivity index (χ1v) is 7.63. The third-order valence-corrected chi connectivity index (χ3v) is 5.11. The van der Waals surface area contributed by atoms with Gasteiger partial charge in [-0.3, -0.25) is 0 Å². The molecule has 0 aromatic carbocycles. The first-order valence-electron chi connectivity index (χ1n) is 6.82. The van der Waals surface area contributed by atoms with Crippen LogP contribution in [0.1, 0.15) is 54.8 Å². The molecule has 0 radical (unpaired) electrons. The number of aromatic nitrogens is 1. The molecule has 0 spiro atoms. The molecule has 1 aromatic rings. The summed E-state index contributed by atoms with van der Waals surface area (Å²) in [6.07, 6.45) is 5.11. The number of fused-ring (bicyclic) bond motifs is 1. The van der Waals surface area contributed by atoms with Crippen LogP contribution in [0.3, 0.4) is 0 Å². The van der Waals surface area contributed by atoms with E-state index in [9.17, 15) is 5.11 Å². The lowest BCUT2D eigenvalue weighted by atomic mass is 9.77. The molecule has 3 nitrogen and oxygen atoms in total. The average Bonchev–Trinajstić information content (AvgIpc) is 2.86. The van der Waals surface area contributed by atoms with Crippen LogP contribution in [-0.2, 0) is 17.6 Å². The maximum atomic E-state index is 10.2. The highest BCUT2D eigenvalue weighted by Gasteiger charge is 2.34. The Morgan fingerprint density at radius 2 is 2.33 bits per heavy atom. The van der Waals surface area contributed by atoms with Crippen molar-refractivity contribution in [1.29, 1.82) is 0 Å². The largest absolute Gasteiger partial charge is 0.387 e. The molecule has 1 aliphatic carbocycles. The number of thiazole rings is 1. The van der Waals surface area contributed by atoms with Gasteiger partial charge in [0.2, 0.25) is 0 Å². The van der Waals surface area contributed by atoms with Crippen molar-refractivity contribution < 1.29 is 9.84 Å². The lowest BCUT2D eigenvalue weighted by Crippen LogP contribution is -2.24. The third kappa shape index (κ3) is 2.46. The Morgan fingerprint density at radius 1 is 1.50 bits per heavy atom. The lowest BCUT2D eigenvalue weighted by Gasteiger charge is -2.31. The molecular formula is C14H21NO2S. The molecule has 2 aliphatic rings. The molecule has 1 saturated heterocycles. The maximum absolute atomic E-state index is 10.2. The smallest absolute Gasteiger partial charge is 0.0957 e. The molecule has 2 atom stereocenters. The number of hydrogen-bond donors (Lipinski definition) is 1. The van der Waals surface area contributed by atoms with E-state index < -0.39 is 0 Å². The van der Waals surface area contributed by atoms with E-state index in [1.54, 1.807) is 11.3 Å². The summed E-state index contributed by atoms with van der Waals surface area (Å²) in [7, 11) is 0. The van der Waals surface area contributed by atoms with Gasteiger partial charge in [-0.1, -0.05) is 13.8 Å². The van der Waals surface area contributed by atoms with E-state index in [1.165, 1.54) is 6.42 Å². The summed E-state index contributed by atoms with van der Waals surface area (Å²) in [5.74, 6) is 0. The van der Waals surface area contributed by atoms with Crippen LogP contribution >= 0.6 is 11.3 Å². The molecule has 1 N–H and O–H groups in total. The fourth-order valence-corrected chi connectivity index (χ4v) is 4.16. The second-order valence-corrected chi connectivity index (χ2v) is 7.43. The first-order chi connectivity index (χ1) is 8.53. The quantitative estimate of drug-likeness (QED) is 0.896. The molecule has 1 aromatic heterocycles. The summed E-state index contributed by atoms with van der Waals surface area (Å²) in [6, 6.07) is 0. The van der Waals surface area contributed by atoms with Gasteiger partial charge in [0.25, 0.3) is 0 Å². The van der Waals surface area contributed by atoms with Gasteiger partial charge in [0, 0.05) is 13.0 Å². The minimum Gasteiger partial charge on any atom is -0.387 e. The van der Waals surface area contributed by atoms with Crippen LogP contribution < -0.4 is 0 Å². The van der Waals surface area contributed by atoms with Gasteiger partial charge in [-0.15, -0.1) is 11.3 Å². The molecule has 3 rings (SSSR count). The predicted octanol–water partition coefficient (Wildman–Crippen LogP) is 2.87. The highest BCUT2D eigenvalue weighted by molar-refractivity contribution is 7.11. The number of aliphatic hydroxyl groups excluding tert-OH is 1. The number of ether oxygens (including phenoxy) is 1. The van der Waals surface area contributed by atoms with Gasteiger partial charge < -0.3 is 9.84 Å². The Labute approximate surface area is 112 Å². The van der Waals surface area contributed by atoms with Crippen molar-refractivity contribution in [2.24, 2.45) is 5.41 Å². The van der Waals surface area contributed by atoms with Gasteiger partial charge >= 0.3 is 0 Å². The zero-order valence-electron chi connectivity index (χ0n) is 11.1. The summed E-state index contributed by atoms with van der Waals surface area (Å²) in [6.45, 7) is 5.31. The molecule has 100 valence electrons. The monoisotopic (exact) mass is 267 g/mol. The minimum atomic E-state index is -0.320. The molecule has 1 fully saturated rings. The molecular weight excluding hydrogens is 246 g/mol. The van der Waals surface area contributed by atoms with Crippen molar-refractivity contribution in [2.75, 3.05) is 6.61 Å². The van der Waals surface area contributed by atoms with Gasteiger partial charge in [-0.05, 0) is 31.1 Å². The zero-order valence-corrected chi connectivity index (χ0v) is 11.9. The van der Waals surface area contributed by atoms with Gasteiger partial charge in [0.1, 0.15) is 0 Å². The van der Waals surface area contributed by atoms with Crippen LogP contribution in [0.5, 0.6) is 0 Å². The van der Waals surface area contributed by atoms with E-state index >= 15 is 0 Å². The number of aliphatic hydroxyl groups is 1. The second kappa shape index (κ2) is 4.58. The van der Waals surface area contributed by atoms with Crippen LogP contribution in [0.25, 0.3) is 0 Å². The average molecular weight is 267 g/mol. The molecule has 0 bridgehead atoms. The Hall–Kier alpha value is -0.450. The molecule has 1 aliphatic heterocycles. The fraction of sp³-hybridized carbons (Fsp3) is 0.786. The van der Waals surface area contributed by atoms with E-state index in [0.717, 1.165) is 47.9 Å². The number of hydrogen-bond acceptors (Lipinski definition) is 4. The van der Waals surface area contributed by atoms with Crippen LogP contribution in [0.2, 0.25) is 0 Å². The highest BCUT2D eigenvalue weighted by Crippen LogP contribution is 2.43. The summed E-state index contributed by atoms with van der Waals surface area (Å²) < 4.78 is 5.66. The Morgan fingerprint density at radius 3 is 3.06 bits per heavy atom. The molecule has 2 heterocycles. The number of rotatable bonds is 2. The molecule has 2 unspecified atom stereocenters. The Bertz CT molecular complexity index is 435. The summed E-state index contributed by atoms with van der Waals surface area (Å²) in [5, 5.41) is 11.4. The van der Waals surface area contributed by atoms with Crippen LogP contribution in [0, 0.1) is 5.41 Å². The molecule has 4 heteroatoms. The van der Waals surface area contributed by atoms with E-state index in [-0.39, 0.29) is 11.5 Å². The third-order valence-electron chi connectivity index (χ3n) is 3.89. The van der Waals surface area contributed by atoms with Gasteiger partial charge in [0.05, 0.1) is 27.8 Å². The van der Waals surface area contributed by atoms with Crippen molar-refractivity contribution in [3.05, 3.63) is 15.6 Å². The molecule has 18 heavy (non-hydrogen) atoms. The second-order valence-electron chi connectivity index (χ2n) is 6.32. The van der Waals surface area contributed by atoms with Crippen LogP contribution in [-0.4, -0.2) is 22.8 Å². The SMILES string of the molecule is CC1(C)Cc2nc(CC3CCCO3)sc2C(O)C1. The van der Waals surface area contributed by atoms with Crippen molar-refractivity contribution in [3.63, 3.8) is 0 Å². The Balaban J connectivity index is 1.79. The first kappa shape index (κ1) is 12.6.